The fraction of sp³-hybridized carbons (Fsp3) is 0.750. The first kappa shape index (κ1) is 6.79. The summed E-state index contributed by atoms with van der Waals surface area (Å²) in [6.07, 6.45) is 8.30. The molecule has 1 aliphatic carbocycles. The molecule has 0 aromatic heterocycles. The van der Waals surface area contributed by atoms with Crippen molar-refractivity contribution in [3.8, 4) is 0 Å². The molecule has 0 nitrogen and oxygen atoms in total. The number of halogens is 1. The van der Waals surface area contributed by atoms with Crippen molar-refractivity contribution in [1.29, 1.82) is 0 Å². The molecule has 0 aliphatic heterocycles. The second-order valence-electron chi connectivity index (χ2n) is 2.58. The minimum atomic E-state index is -0.662. The summed E-state index contributed by atoms with van der Waals surface area (Å²) in [5.41, 5.74) is 0. The maximum absolute atomic E-state index is 12.5. The molecule has 0 spiro atoms. The van der Waals surface area contributed by atoms with Gasteiger partial charge in [-0.2, -0.15) is 0 Å². The molecule has 9 heavy (non-hydrogen) atoms. The van der Waals surface area contributed by atoms with Crippen LogP contribution in [0, 0.1) is 0 Å². The Bertz CT molecular complexity index is 96.7. The molecule has 1 atom stereocenters. The van der Waals surface area contributed by atoms with E-state index in [-0.39, 0.29) is 0 Å². The molecule has 52 valence electrons. The maximum atomic E-state index is 12.5. The van der Waals surface area contributed by atoms with Gasteiger partial charge in [-0.1, -0.05) is 25.0 Å². The summed E-state index contributed by atoms with van der Waals surface area (Å²) in [7, 11) is 0. The molecule has 1 rings (SSSR count). The predicted octanol–water partition coefficient (Wildman–Crippen LogP) is 2.84. The molecule has 0 aromatic carbocycles. The summed E-state index contributed by atoms with van der Waals surface area (Å²) < 4.78 is 12.5. The Labute approximate surface area is 55.8 Å². The molecule has 0 fully saturated rings. The molecular formula is C8H13F. The van der Waals surface area contributed by atoms with Crippen LogP contribution in [0.15, 0.2) is 12.2 Å². The normalized spacial score (nSPS) is 32.8. The van der Waals surface area contributed by atoms with E-state index in [1.165, 1.54) is 12.8 Å². The average molecular weight is 128 g/mol. The highest BCUT2D eigenvalue weighted by molar-refractivity contribution is 4.89. The first-order chi connectivity index (χ1) is 4.39. The van der Waals surface area contributed by atoms with Gasteiger partial charge in [-0.15, -0.1) is 0 Å². The minimum Gasteiger partial charge on any atom is -0.243 e. The third-order valence-electron chi connectivity index (χ3n) is 1.70. The predicted molar refractivity (Wildman–Crippen MR) is 37.1 cm³/mol. The van der Waals surface area contributed by atoms with Crippen LogP contribution in [0.4, 0.5) is 4.39 Å². The Balaban J connectivity index is 2.30. The van der Waals surface area contributed by atoms with Gasteiger partial charge < -0.3 is 0 Å². The lowest BCUT2D eigenvalue weighted by Crippen LogP contribution is -1.96. The molecule has 0 saturated carbocycles. The van der Waals surface area contributed by atoms with Crippen LogP contribution in [-0.2, 0) is 0 Å². The molecular weight excluding hydrogens is 115 g/mol. The van der Waals surface area contributed by atoms with Crippen LogP contribution in [0.3, 0.4) is 0 Å². The van der Waals surface area contributed by atoms with Crippen LogP contribution >= 0.6 is 0 Å². The van der Waals surface area contributed by atoms with Gasteiger partial charge in [0.25, 0.3) is 0 Å². The first-order valence-electron chi connectivity index (χ1n) is 3.70. The van der Waals surface area contributed by atoms with Crippen LogP contribution in [0.2, 0.25) is 0 Å². The summed E-state index contributed by atoms with van der Waals surface area (Å²) >= 11 is 0. The number of allylic oxidation sites excluding steroid dienone is 2. The second-order valence-corrected chi connectivity index (χ2v) is 2.58. The van der Waals surface area contributed by atoms with Crippen molar-refractivity contribution in [2.45, 2.75) is 38.3 Å². The molecule has 1 aliphatic rings. The summed E-state index contributed by atoms with van der Waals surface area (Å²) in [4.78, 5) is 0. The van der Waals surface area contributed by atoms with Crippen molar-refractivity contribution in [3.63, 3.8) is 0 Å². The molecule has 0 saturated heterocycles. The molecule has 1 heteroatoms. The molecule has 0 bridgehead atoms. The molecule has 0 heterocycles. The van der Waals surface area contributed by atoms with Crippen LogP contribution in [0.25, 0.3) is 0 Å². The van der Waals surface area contributed by atoms with Crippen molar-refractivity contribution >= 4 is 0 Å². The van der Waals surface area contributed by atoms with E-state index in [9.17, 15) is 4.39 Å². The van der Waals surface area contributed by atoms with E-state index in [0.717, 1.165) is 19.3 Å². The van der Waals surface area contributed by atoms with Crippen molar-refractivity contribution < 1.29 is 4.39 Å². The first-order valence-corrected chi connectivity index (χ1v) is 3.70. The average Bonchev–Trinajstić information content (AvgIpc) is 1.79. The zero-order chi connectivity index (χ0) is 6.53. The lowest BCUT2D eigenvalue weighted by molar-refractivity contribution is 0.360. The maximum Gasteiger partial charge on any atom is 0.118 e. The zero-order valence-electron chi connectivity index (χ0n) is 5.65. The van der Waals surface area contributed by atoms with Gasteiger partial charge >= 0.3 is 0 Å². The van der Waals surface area contributed by atoms with Crippen LogP contribution in [-0.4, -0.2) is 6.17 Å². The number of alkyl halides is 1. The van der Waals surface area contributed by atoms with Gasteiger partial charge in [-0.3, -0.25) is 0 Å². The Morgan fingerprint density at radius 1 is 1.22 bits per heavy atom. The molecule has 0 radical (unpaired) electrons. The Kier molecular flexibility index (Phi) is 2.75. The highest BCUT2D eigenvalue weighted by atomic mass is 19.1. The summed E-state index contributed by atoms with van der Waals surface area (Å²) in [5.74, 6) is 0. The monoisotopic (exact) mass is 128 g/mol. The topological polar surface area (TPSA) is 0 Å². The smallest absolute Gasteiger partial charge is 0.118 e. The lowest BCUT2D eigenvalue weighted by atomic mass is 10.1. The molecule has 0 aromatic rings. The summed E-state index contributed by atoms with van der Waals surface area (Å²) in [5, 5.41) is 0. The van der Waals surface area contributed by atoms with E-state index in [2.05, 4.69) is 0 Å². The van der Waals surface area contributed by atoms with E-state index in [1.54, 1.807) is 6.08 Å². The second kappa shape index (κ2) is 3.65. The van der Waals surface area contributed by atoms with Crippen molar-refractivity contribution in [2.24, 2.45) is 0 Å². The highest BCUT2D eigenvalue weighted by Gasteiger charge is 2.02. The number of hydrogen-bond donors (Lipinski definition) is 0. The Morgan fingerprint density at radius 3 is 3.00 bits per heavy atom. The number of rotatable bonds is 0. The van der Waals surface area contributed by atoms with Crippen LogP contribution in [0.1, 0.15) is 32.1 Å². The van der Waals surface area contributed by atoms with Gasteiger partial charge in [-0.25, -0.2) is 4.39 Å². The quantitative estimate of drug-likeness (QED) is 0.440. The van der Waals surface area contributed by atoms with E-state index in [0.29, 0.717) is 0 Å². The molecule has 0 N–H and O–H groups in total. The fourth-order valence-electron chi connectivity index (χ4n) is 1.12. The standard InChI is InChI=1S/C8H13F/c9-8-6-4-2-1-3-5-7-8/h4,6,8H,1-3,5,7H2/b6-4-. The van der Waals surface area contributed by atoms with Gasteiger partial charge in [0.15, 0.2) is 0 Å². The van der Waals surface area contributed by atoms with E-state index >= 15 is 0 Å². The highest BCUT2D eigenvalue weighted by Crippen LogP contribution is 2.13. The van der Waals surface area contributed by atoms with Crippen molar-refractivity contribution in [2.75, 3.05) is 0 Å². The minimum absolute atomic E-state index is 0.662. The van der Waals surface area contributed by atoms with Gasteiger partial charge in [0.2, 0.25) is 0 Å². The summed E-state index contributed by atoms with van der Waals surface area (Å²) in [6.45, 7) is 0. The summed E-state index contributed by atoms with van der Waals surface area (Å²) in [6, 6.07) is 0. The van der Waals surface area contributed by atoms with E-state index < -0.39 is 6.17 Å². The molecule has 0 amide bonds. The fourth-order valence-corrected chi connectivity index (χ4v) is 1.12. The third kappa shape index (κ3) is 2.64. The SMILES string of the molecule is FC1/C=C\CCCCC1. The van der Waals surface area contributed by atoms with Gasteiger partial charge in [-0.05, 0) is 19.3 Å². The third-order valence-corrected chi connectivity index (χ3v) is 1.70. The van der Waals surface area contributed by atoms with Crippen molar-refractivity contribution in [3.05, 3.63) is 12.2 Å². The van der Waals surface area contributed by atoms with Crippen LogP contribution < -0.4 is 0 Å². The zero-order valence-corrected chi connectivity index (χ0v) is 5.65. The lowest BCUT2D eigenvalue weighted by Gasteiger charge is -2.05. The molecule has 1 unspecified atom stereocenters. The number of hydrogen-bond acceptors (Lipinski definition) is 0. The van der Waals surface area contributed by atoms with Crippen molar-refractivity contribution in [1.82, 2.24) is 0 Å². The van der Waals surface area contributed by atoms with Gasteiger partial charge in [0.1, 0.15) is 6.17 Å². The Morgan fingerprint density at radius 2 is 2.11 bits per heavy atom. The van der Waals surface area contributed by atoms with Gasteiger partial charge in [0, 0.05) is 0 Å². The van der Waals surface area contributed by atoms with E-state index in [1.807, 2.05) is 6.08 Å². The Hall–Kier alpha value is -0.330. The van der Waals surface area contributed by atoms with Gasteiger partial charge in [0.05, 0.1) is 0 Å². The van der Waals surface area contributed by atoms with Crippen LogP contribution in [0.5, 0.6) is 0 Å². The largest absolute Gasteiger partial charge is 0.243 e. The van der Waals surface area contributed by atoms with E-state index in [4.69, 9.17) is 0 Å².